The van der Waals surface area contributed by atoms with Crippen molar-refractivity contribution in [1.29, 1.82) is 0 Å². The van der Waals surface area contributed by atoms with Crippen molar-refractivity contribution in [1.82, 2.24) is 14.8 Å². The minimum Gasteiger partial charge on any atom is -0.481 e. The molecule has 2 aliphatic heterocycles. The molecule has 4 amide bonds. The summed E-state index contributed by atoms with van der Waals surface area (Å²) < 4.78 is 16.9. The summed E-state index contributed by atoms with van der Waals surface area (Å²) >= 11 is 0. The molecule has 2 saturated heterocycles. The van der Waals surface area contributed by atoms with Crippen LogP contribution >= 0.6 is 0 Å². The van der Waals surface area contributed by atoms with Gasteiger partial charge in [-0.1, -0.05) is 72.8 Å². The molecule has 2 fully saturated rings. The van der Waals surface area contributed by atoms with E-state index in [1.54, 1.807) is 48.5 Å². The molecule has 2 aliphatic rings. The second kappa shape index (κ2) is 17.7. The second-order valence-corrected chi connectivity index (χ2v) is 13.8. The zero-order valence-electron chi connectivity index (χ0n) is 31.0. The van der Waals surface area contributed by atoms with Crippen LogP contribution in [0.25, 0.3) is 22.6 Å². The highest BCUT2D eigenvalue weighted by Gasteiger charge is 2.36. The molecule has 3 N–H and O–H groups in total. The maximum absolute atomic E-state index is 13.3. The number of carboxylic acid groups (broad SMARTS) is 1. The van der Waals surface area contributed by atoms with Crippen LogP contribution < -0.4 is 10.6 Å². The number of oxazole rings is 1. The number of carboxylic acids is 1. The molecular formula is C43H41N5O9. The molecule has 5 aromatic rings. The molecule has 3 heterocycles. The Bertz CT molecular complexity index is 2060. The molecule has 14 nitrogen and oxygen atoms in total. The van der Waals surface area contributed by atoms with Gasteiger partial charge in [-0.2, -0.15) is 0 Å². The molecule has 2 atom stereocenters. The number of carbonyl (C=O) groups is 5. The molecule has 1 aromatic heterocycles. The smallest absolute Gasteiger partial charge is 0.410 e. The topological polar surface area (TPSA) is 181 Å². The zero-order chi connectivity index (χ0) is 39.7. The van der Waals surface area contributed by atoms with Gasteiger partial charge in [0, 0.05) is 35.6 Å². The fourth-order valence-electron chi connectivity index (χ4n) is 6.95. The molecule has 0 bridgehead atoms. The molecule has 0 radical (unpaired) electrons. The fraction of sp³-hybridized carbons (Fsp3) is 0.256. The maximum Gasteiger partial charge on any atom is 0.410 e. The van der Waals surface area contributed by atoms with Crippen molar-refractivity contribution in [3.63, 3.8) is 0 Å². The Hall–Kier alpha value is -6.96. The van der Waals surface area contributed by atoms with Gasteiger partial charge in [0.05, 0.1) is 0 Å². The molecule has 57 heavy (non-hydrogen) atoms. The molecule has 0 unspecified atom stereocenters. The maximum atomic E-state index is 13.3. The first-order valence-corrected chi connectivity index (χ1v) is 18.7. The number of nitrogens with zero attached hydrogens (tertiary/aromatic N) is 3. The number of ether oxygens (including phenoxy) is 2. The normalized spacial score (nSPS) is 16.2. The van der Waals surface area contributed by atoms with E-state index in [9.17, 15) is 29.1 Å². The molecule has 0 aliphatic carbocycles. The number of likely N-dealkylation sites (tertiary alicyclic amines) is 2. The van der Waals surface area contributed by atoms with Gasteiger partial charge >= 0.3 is 18.2 Å². The first-order chi connectivity index (χ1) is 27.7. The molecule has 14 heteroatoms. The first-order valence-electron chi connectivity index (χ1n) is 18.7. The van der Waals surface area contributed by atoms with Crippen molar-refractivity contribution in [3.8, 4) is 22.6 Å². The second-order valence-electron chi connectivity index (χ2n) is 13.8. The minimum absolute atomic E-state index is 0.00297. The van der Waals surface area contributed by atoms with E-state index in [0.29, 0.717) is 72.7 Å². The van der Waals surface area contributed by atoms with Gasteiger partial charge in [-0.05, 0) is 73.2 Å². The van der Waals surface area contributed by atoms with E-state index in [1.807, 2.05) is 60.7 Å². The zero-order valence-corrected chi connectivity index (χ0v) is 31.0. The van der Waals surface area contributed by atoms with E-state index < -0.39 is 36.7 Å². The van der Waals surface area contributed by atoms with Crippen molar-refractivity contribution >= 4 is 41.3 Å². The summed E-state index contributed by atoms with van der Waals surface area (Å²) in [6, 6.07) is 30.9. The third-order valence-electron chi connectivity index (χ3n) is 9.80. The number of aliphatic carboxylic acids is 1. The van der Waals surface area contributed by atoms with Crippen LogP contribution in [0.1, 0.15) is 42.7 Å². The lowest BCUT2D eigenvalue weighted by Gasteiger charge is -2.23. The predicted molar refractivity (Wildman–Crippen MR) is 209 cm³/mol. The summed E-state index contributed by atoms with van der Waals surface area (Å²) in [5.41, 5.74) is 4.26. The molecular weight excluding hydrogens is 730 g/mol. The standard InChI is InChI=1S/C43H41N5O9/c49-37(50)25-36-46-38(30-15-19-32(20-16-30)44-40(51)34-13-7-23-47(34)42(53)55-26-28-9-3-1-4-10-28)39(57-36)31-17-21-33(22-18-31)45-41(52)35-14-8-24-48(35)43(54)56-27-29-11-5-2-6-12-29/h1-6,9-12,15-22,34-35H,7-8,13-14,23-27H2,(H,44,51)(H,45,52)(H,49,50)/t34-,35-/m0/s1. The molecule has 0 saturated carbocycles. The number of anilines is 2. The van der Waals surface area contributed by atoms with Crippen LogP contribution in [-0.4, -0.2) is 75.0 Å². The highest BCUT2D eigenvalue weighted by Crippen LogP contribution is 2.34. The van der Waals surface area contributed by atoms with Gasteiger partial charge in [0.15, 0.2) is 5.76 Å². The van der Waals surface area contributed by atoms with Crippen LogP contribution in [0.3, 0.4) is 0 Å². The highest BCUT2D eigenvalue weighted by molar-refractivity contribution is 5.98. The van der Waals surface area contributed by atoms with Crippen molar-refractivity contribution in [2.45, 2.75) is 57.4 Å². The number of rotatable bonds is 12. The van der Waals surface area contributed by atoms with Gasteiger partial charge in [0.25, 0.3) is 0 Å². The summed E-state index contributed by atoms with van der Waals surface area (Å²) in [7, 11) is 0. The van der Waals surface area contributed by atoms with Gasteiger partial charge in [-0.25, -0.2) is 14.6 Å². The Morgan fingerprint density at radius 2 is 1.11 bits per heavy atom. The predicted octanol–water partition coefficient (Wildman–Crippen LogP) is 7.12. The number of nitrogens with one attached hydrogen (secondary N) is 2. The van der Waals surface area contributed by atoms with E-state index in [-0.39, 0.29) is 30.9 Å². The number of aromatic nitrogens is 1. The van der Waals surface area contributed by atoms with Crippen molar-refractivity contribution in [2.75, 3.05) is 23.7 Å². The van der Waals surface area contributed by atoms with Gasteiger partial charge in [-0.3, -0.25) is 24.2 Å². The Morgan fingerprint density at radius 3 is 1.56 bits per heavy atom. The lowest BCUT2D eigenvalue weighted by atomic mass is 10.0. The Kier molecular flexibility index (Phi) is 11.9. The number of carbonyl (C=O) groups excluding carboxylic acids is 4. The van der Waals surface area contributed by atoms with Crippen LogP contribution in [0.15, 0.2) is 114 Å². The number of amides is 4. The number of hydrogen-bond donors (Lipinski definition) is 3. The summed E-state index contributed by atoms with van der Waals surface area (Å²) in [4.78, 5) is 71.3. The van der Waals surface area contributed by atoms with Crippen LogP contribution in [-0.2, 0) is 43.5 Å². The average molecular weight is 772 g/mol. The summed E-state index contributed by atoms with van der Waals surface area (Å²) in [6.45, 7) is 1.05. The van der Waals surface area contributed by atoms with Gasteiger partial charge < -0.3 is 29.6 Å². The third kappa shape index (κ3) is 9.47. The summed E-state index contributed by atoms with van der Waals surface area (Å²) in [5, 5.41) is 15.2. The molecule has 0 spiro atoms. The lowest BCUT2D eigenvalue weighted by Crippen LogP contribution is -2.43. The Balaban J connectivity index is 0.993. The van der Waals surface area contributed by atoms with Gasteiger partial charge in [-0.15, -0.1) is 0 Å². The largest absolute Gasteiger partial charge is 0.481 e. The van der Waals surface area contributed by atoms with Crippen LogP contribution in [0, 0.1) is 0 Å². The molecule has 292 valence electrons. The monoisotopic (exact) mass is 771 g/mol. The van der Waals surface area contributed by atoms with E-state index in [1.165, 1.54) is 9.80 Å². The van der Waals surface area contributed by atoms with Gasteiger partial charge in [0.2, 0.25) is 17.7 Å². The van der Waals surface area contributed by atoms with E-state index in [4.69, 9.17) is 13.9 Å². The SMILES string of the molecule is O=C(O)Cc1nc(-c2ccc(NC(=O)[C@@H]3CCCN3C(=O)OCc3ccccc3)cc2)c(-c2ccc(NC(=O)[C@@H]3CCCN3C(=O)OCc3ccccc3)cc2)o1. The van der Waals surface area contributed by atoms with E-state index in [2.05, 4.69) is 15.6 Å². The quantitative estimate of drug-likeness (QED) is 0.118. The summed E-state index contributed by atoms with van der Waals surface area (Å²) in [5.74, 6) is -1.46. The average Bonchev–Trinajstić information content (AvgIpc) is 4.01. The fourth-order valence-corrected chi connectivity index (χ4v) is 6.95. The number of hydrogen-bond acceptors (Lipinski definition) is 9. The Morgan fingerprint density at radius 1 is 0.649 bits per heavy atom. The van der Waals surface area contributed by atoms with Crippen molar-refractivity contribution in [2.24, 2.45) is 0 Å². The van der Waals surface area contributed by atoms with E-state index >= 15 is 0 Å². The molecule has 4 aromatic carbocycles. The minimum atomic E-state index is -1.11. The summed E-state index contributed by atoms with van der Waals surface area (Å²) in [6.07, 6.45) is 0.817. The van der Waals surface area contributed by atoms with Crippen LogP contribution in [0.5, 0.6) is 0 Å². The van der Waals surface area contributed by atoms with Crippen LogP contribution in [0.4, 0.5) is 21.0 Å². The molecule has 7 rings (SSSR count). The van der Waals surface area contributed by atoms with Crippen LogP contribution in [0.2, 0.25) is 0 Å². The first kappa shape index (κ1) is 38.3. The third-order valence-corrected chi connectivity index (χ3v) is 9.80. The lowest BCUT2D eigenvalue weighted by molar-refractivity contribution is -0.136. The van der Waals surface area contributed by atoms with Crippen molar-refractivity contribution < 1.29 is 43.0 Å². The highest BCUT2D eigenvalue weighted by atomic mass is 16.6. The Labute approximate surface area is 328 Å². The van der Waals surface area contributed by atoms with E-state index in [0.717, 1.165) is 11.1 Å². The van der Waals surface area contributed by atoms with Crippen molar-refractivity contribution in [3.05, 3.63) is 126 Å². The van der Waals surface area contributed by atoms with Gasteiger partial charge in [0.1, 0.15) is 37.4 Å². The number of benzene rings is 4.